The van der Waals surface area contributed by atoms with E-state index >= 15 is 0 Å². The van der Waals surface area contributed by atoms with Gasteiger partial charge in [0.1, 0.15) is 0 Å². The monoisotopic (exact) mass is 260 g/mol. The minimum atomic E-state index is -0.381. The summed E-state index contributed by atoms with van der Waals surface area (Å²) in [5.74, 6) is -0.381. The van der Waals surface area contributed by atoms with Crippen LogP contribution in [0.4, 0.5) is 0 Å². The highest BCUT2D eigenvalue weighted by Crippen LogP contribution is 2.11. The number of aromatic nitrogens is 3. The molecule has 0 aromatic carbocycles. The van der Waals surface area contributed by atoms with Crippen LogP contribution in [0.5, 0.6) is 0 Å². The Morgan fingerprint density at radius 2 is 2.26 bits per heavy atom. The molecule has 0 unspecified atom stereocenters. The highest BCUT2D eigenvalue weighted by Gasteiger charge is 2.10. The Hall–Kier alpha value is -2.21. The molecule has 0 saturated carbocycles. The molecule has 2 heterocycles. The van der Waals surface area contributed by atoms with Crippen LogP contribution in [0.25, 0.3) is 5.69 Å². The number of ether oxygens (including phenoxy) is 1. The van der Waals surface area contributed by atoms with E-state index in [0.29, 0.717) is 12.2 Å². The summed E-state index contributed by atoms with van der Waals surface area (Å²) in [4.78, 5) is 15.8. The van der Waals surface area contributed by atoms with Crippen molar-refractivity contribution in [2.45, 2.75) is 19.9 Å². The first-order valence-electron chi connectivity index (χ1n) is 6.05. The van der Waals surface area contributed by atoms with Crippen molar-refractivity contribution in [2.75, 3.05) is 6.61 Å². The number of esters is 1. The molecule has 1 atom stereocenters. The number of carbonyl (C=O) groups is 1. The molecule has 0 fully saturated rings. The van der Waals surface area contributed by atoms with E-state index in [1.807, 2.05) is 19.1 Å². The Balaban J connectivity index is 2.20. The first-order valence-corrected chi connectivity index (χ1v) is 6.05. The van der Waals surface area contributed by atoms with E-state index in [0.717, 1.165) is 11.4 Å². The maximum atomic E-state index is 11.5. The molecule has 0 amide bonds. The number of nitrogens with zero attached hydrogens (tertiary/aromatic N) is 3. The van der Waals surface area contributed by atoms with Crippen molar-refractivity contribution >= 4 is 5.97 Å². The Bertz CT molecular complexity index is 560. The Kier molecular flexibility index (Phi) is 3.91. The smallest absolute Gasteiger partial charge is 0.341 e. The summed E-state index contributed by atoms with van der Waals surface area (Å²) >= 11 is 0. The summed E-state index contributed by atoms with van der Waals surface area (Å²) in [6.45, 7) is 3.97. The predicted molar refractivity (Wildman–Crippen MR) is 69.9 cm³/mol. The van der Waals surface area contributed by atoms with Crippen LogP contribution >= 0.6 is 0 Å². The normalized spacial score (nSPS) is 12.2. The van der Waals surface area contributed by atoms with E-state index in [-0.39, 0.29) is 12.0 Å². The van der Waals surface area contributed by atoms with Crippen LogP contribution in [-0.2, 0) is 4.74 Å². The molecule has 0 aliphatic carbocycles. The summed E-state index contributed by atoms with van der Waals surface area (Å²) in [6, 6.07) is 3.58. The summed E-state index contributed by atoms with van der Waals surface area (Å²) in [5, 5.41) is 4.11. The molecule has 0 spiro atoms. The molecule has 0 radical (unpaired) electrons. The number of carbonyl (C=O) groups excluding carboxylic acids is 1. The standard InChI is InChI=1S/C13H16N4O2/c1-3-19-13(18)10-6-16-17(8-10)11-4-5-12(9(2)14)15-7-11/h4-9H,3,14H2,1-2H3/t9-/m1/s1. The van der Waals surface area contributed by atoms with Crippen molar-refractivity contribution in [1.29, 1.82) is 0 Å². The van der Waals surface area contributed by atoms with Gasteiger partial charge in [-0.3, -0.25) is 4.98 Å². The van der Waals surface area contributed by atoms with Crippen LogP contribution in [0.2, 0.25) is 0 Å². The summed E-state index contributed by atoms with van der Waals surface area (Å²) in [5.41, 5.74) is 7.72. The summed E-state index contributed by atoms with van der Waals surface area (Å²) in [6.07, 6.45) is 4.75. The van der Waals surface area contributed by atoms with Gasteiger partial charge < -0.3 is 10.5 Å². The van der Waals surface area contributed by atoms with Crippen LogP contribution in [0.15, 0.2) is 30.7 Å². The van der Waals surface area contributed by atoms with Gasteiger partial charge in [-0.15, -0.1) is 0 Å². The van der Waals surface area contributed by atoms with Crippen molar-refractivity contribution in [3.05, 3.63) is 42.0 Å². The van der Waals surface area contributed by atoms with Crippen LogP contribution in [0.1, 0.15) is 35.9 Å². The third-order valence-electron chi connectivity index (χ3n) is 2.60. The van der Waals surface area contributed by atoms with E-state index in [9.17, 15) is 4.79 Å². The minimum Gasteiger partial charge on any atom is -0.462 e. The molecular formula is C13H16N4O2. The molecule has 2 rings (SSSR count). The van der Waals surface area contributed by atoms with Crippen molar-refractivity contribution in [2.24, 2.45) is 5.73 Å². The first kappa shape index (κ1) is 13.2. The second-order valence-electron chi connectivity index (χ2n) is 4.12. The Morgan fingerprint density at radius 3 is 2.84 bits per heavy atom. The zero-order valence-corrected chi connectivity index (χ0v) is 10.9. The molecule has 0 bridgehead atoms. The molecule has 0 aliphatic rings. The molecule has 2 N–H and O–H groups in total. The fourth-order valence-electron chi connectivity index (χ4n) is 1.59. The zero-order valence-electron chi connectivity index (χ0n) is 10.9. The second kappa shape index (κ2) is 5.62. The predicted octanol–water partition coefficient (Wildman–Crippen LogP) is 1.46. The number of hydrogen-bond acceptors (Lipinski definition) is 5. The van der Waals surface area contributed by atoms with Crippen molar-refractivity contribution in [1.82, 2.24) is 14.8 Å². The third-order valence-corrected chi connectivity index (χ3v) is 2.60. The highest BCUT2D eigenvalue weighted by atomic mass is 16.5. The Labute approximate surface area is 111 Å². The SMILES string of the molecule is CCOC(=O)c1cnn(-c2ccc([C@@H](C)N)nc2)c1. The van der Waals surface area contributed by atoms with Gasteiger partial charge in [-0.1, -0.05) is 0 Å². The zero-order chi connectivity index (χ0) is 13.8. The van der Waals surface area contributed by atoms with Crippen molar-refractivity contribution in [3.8, 4) is 5.69 Å². The minimum absolute atomic E-state index is 0.109. The average Bonchev–Trinajstić information content (AvgIpc) is 2.89. The van der Waals surface area contributed by atoms with Crippen molar-refractivity contribution in [3.63, 3.8) is 0 Å². The van der Waals surface area contributed by atoms with E-state index in [1.165, 1.54) is 6.20 Å². The molecule has 0 saturated heterocycles. The van der Waals surface area contributed by atoms with Gasteiger partial charge >= 0.3 is 5.97 Å². The summed E-state index contributed by atoms with van der Waals surface area (Å²) in [7, 11) is 0. The molecule has 2 aromatic heterocycles. The number of rotatable bonds is 4. The molecule has 0 aliphatic heterocycles. The van der Waals surface area contributed by atoms with Gasteiger partial charge in [-0.05, 0) is 26.0 Å². The third kappa shape index (κ3) is 2.97. The lowest BCUT2D eigenvalue weighted by Crippen LogP contribution is -2.07. The molecule has 19 heavy (non-hydrogen) atoms. The van der Waals surface area contributed by atoms with Crippen LogP contribution in [0.3, 0.4) is 0 Å². The van der Waals surface area contributed by atoms with E-state index in [4.69, 9.17) is 10.5 Å². The molecule has 100 valence electrons. The van der Waals surface area contributed by atoms with Gasteiger partial charge in [0.05, 0.1) is 35.9 Å². The Morgan fingerprint density at radius 1 is 1.47 bits per heavy atom. The lowest BCUT2D eigenvalue weighted by molar-refractivity contribution is 0.0526. The first-order chi connectivity index (χ1) is 9.11. The van der Waals surface area contributed by atoms with Crippen LogP contribution < -0.4 is 5.73 Å². The van der Waals surface area contributed by atoms with E-state index < -0.39 is 0 Å². The van der Waals surface area contributed by atoms with Gasteiger partial charge in [0.2, 0.25) is 0 Å². The maximum Gasteiger partial charge on any atom is 0.341 e. The van der Waals surface area contributed by atoms with Gasteiger partial charge in [0.15, 0.2) is 0 Å². The molecule has 6 heteroatoms. The number of hydrogen-bond donors (Lipinski definition) is 1. The van der Waals surface area contributed by atoms with Gasteiger partial charge in [-0.2, -0.15) is 5.10 Å². The van der Waals surface area contributed by atoms with Gasteiger partial charge in [0.25, 0.3) is 0 Å². The topological polar surface area (TPSA) is 83.0 Å². The van der Waals surface area contributed by atoms with Crippen LogP contribution in [0, 0.1) is 0 Å². The second-order valence-corrected chi connectivity index (χ2v) is 4.12. The lowest BCUT2D eigenvalue weighted by Gasteiger charge is -2.05. The molecule has 6 nitrogen and oxygen atoms in total. The highest BCUT2D eigenvalue weighted by molar-refractivity contribution is 5.88. The van der Waals surface area contributed by atoms with Crippen molar-refractivity contribution < 1.29 is 9.53 Å². The van der Waals surface area contributed by atoms with E-state index in [2.05, 4.69) is 10.1 Å². The van der Waals surface area contributed by atoms with Crippen LogP contribution in [-0.4, -0.2) is 27.3 Å². The van der Waals surface area contributed by atoms with Gasteiger partial charge in [-0.25, -0.2) is 9.48 Å². The molecule has 2 aromatic rings. The molecular weight excluding hydrogens is 244 g/mol. The fraction of sp³-hybridized carbons (Fsp3) is 0.308. The average molecular weight is 260 g/mol. The number of pyridine rings is 1. The quantitative estimate of drug-likeness (QED) is 0.841. The van der Waals surface area contributed by atoms with Gasteiger partial charge in [0, 0.05) is 12.2 Å². The maximum absolute atomic E-state index is 11.5. The largest absolute Gasteiger partial charge is 0.462 e. The van der Waals surface area contributed by atoms with E-state index in [1.54, 1.807) is 24.0 Å². The number of nitrogens with two attached hydrogens (primary N) is 1. The lowest BCUT2D eigenvalue weighted by atomic mass is 10.2. The fourth-order valence-corrected chi connectivity index (χ4v) is 1.59. The summed E-state index contributed by atoms with van der Waals surface area (Å²) < 4.78 is 6.48.